The van der Waals surface area contributed by atoms with Gasteiger partial charge in [-0.2, -0.15) is 0 Å². The first kappa shape index (κ1) is 19.1. The van der Waals surface area contributed by atoms with Crippen molar-refractivity contribution in [3.05, 3.63) is 52.8 Å². The van der Waals surface area contributed by atoms with Gasteiger partial charge in [-0.3, -0.25) is 9.59 Å². The fourth-order valence-corrected chi connectivity index (χ4v) is 3.48. The summed E-state index contributed by atoms with van der Waals surface area (Å²) in [4.78, 5) is 29.9. The van der Waals surface area contributed by atoms with E-state index in [1.54, 1.807) is 44.2 Å². The Balaban J connectivity index is 1.56. The van der Waals surface area contributed by atoms with Crippen LogP contribution in [0.5, 0.6) is 0 Å². The van der Waals surface area contributed by atoms with Crippen LogP contribution in [0.15, 0.2) is 34.9 Å². The number of anilines is 1. The van der Waals surface area contributed by atoms with Crippen molar-refractivity contribution in [2.45, 2.75) is 32.8 Å². The number of aryl methyl sites for hydroxylation is 2. The number of benzene rings is 1. The predicted octanol–water partition coefficient (Wildman–Crippen LogP) is 3.00. The summed E-state index contributed by atoms with van der Waals surface area (Å²) in [6, 6.07) is 8.59. The van der Waals surface area contributed by atoms with Crippen molar-refractivity contribution in [1.82, 2.24) is 15.5 Å². The first-order valence-corrected chi connectivity index (χ1v) is 9.56. The van der Waals surface area contributed by atoms with E-state index >= 15 is 0 Å². The molecule has 0 aliphatic carbocycles. The van der Waals surface area contributed by atoms with E-state index in [9.17, 15) is 9.59 Å². The molecule has 1 saturated heterocycles. The molecule has 0 saturated carbocycles. The lowest BCUT2D eigenvalue weighted by molar-refractivity contribution is 0.0858. The Morgan fingerprint density at radius 1 is 1.17 bits per heavy atom. The largest absolute Gasteiger partial charge is 0.376 e. The van der Waals surface area contributed by atoms with Gasteiger partial charge < -0.3 is 19.9 Å². The maximum atomic E-state index is 13.0. The number of fused-ring (bicyclic) bond motifs is 1. The van der Waals surface area contributed by atoms with Crippen LogP contribution in [0.3, 0.4) is 0 Å². The molecule has 4 rings (SSSR count). The summed E-state index contributed by atoms with van der Waals surface area (Å²) in [7, 11) is 0. The highest BCUT2D eigenvalue weighted by atomic mass is 16.5. The third kappa shape index (κ3) is 3.97. The first-order valence-electron chi connectivity index (χ1n) is 9.56. The van der Waals surface area contributed by atoms with Crippen molar-refractivity contribution in [2.24, 2.45) is 0 Å². The standard InChI is InChI=1S/C21H22N4O4/c1-12-10-16(18-13(2)25-29-21(18)23-12)20(27)24-17-8-4-3-7-15(17)19(26)22-11-14-6-5-9-28-14/h3-4,7-8,10,14H,5-6,9,11H2,1-2H3,(H,22,26)(H,24,27). The van der Waals surface area contributed by atoms with Gasteiger partial charge in [0.15, 0.2) is 0 Å². The number of pyridine rings is 1. The molecule has 0 radical (unpaired) electrons. The number of aromatic nitrogens is 2. The Morgan fingerprint density at radius 3 is 2.79 bits per heavy atom. The van der Waals surface area contributed by atoms with Gasteiger partial charge in [-0.05, 0) is 44.9 Å². The fourth-order valence-electron chi connectivity index (χ4n) is 3.48. The number of nitrogens with one attached hydrogen (secondary N) is 2. The van der Waals surface area contributed by atoms with Crippen molar-refractivity contribution in [2.75, 3.05) is 18.5 Å². The van der Waals surface area contributed by atoms with E-state index in [-0.39, 0.29) is 17.9 Å². The molecule has 8 nitrogen and oxygen atoms in total. The molecule has 1 fully saturated rings. The second-order valence-electron chi connectivity index (χ2n) is 7.10. The zero-order valence-corrected chi connectivity index (χ0v) is 16.3. The molecule has 1 unspecified atom stereocenters. The SMILES string of the molecule is Cc1cc(C(=O)Nc2ccccc2C(=O)NCC2CCCO2)c2c(C)noc2n1. The van der Waals surface area contributed by atoms with E-state index < -0.39 is 0 Å². The molecule has 0 bridgehead atoms. The highest BCUT2D eigenvalue weighted by molar-refractivity contribution is 6.14. The van der Waals surface area contributed by atoms with Crippen LogP contribution in [0, 0.1) is 13.8 Å². The molecular weight excluding hydrogens is 372 g/mol. The van der Waals surface area contributed by atoms with Crippen LogP contribution in [0.2, 0.25) is 0 Å². The van der Waals surface area contributed by atoms with Gasteiger partial charge in [-0.25, -0.2) is 4.98 Å². The van der Waals surface area contributed by atoms with Gasteiger partial charge in [0.25, 0.3) is 17.5 Å². The van der Waals surface area contributed by atoms with Crippen LogP contribution in [0.25, 0.3) is 11.1 Å². The average Bonchev–Trinajstić information content (AvgIpc) is 3.36. The topological polar surface area (TPSA) is 106 Å². The van der Waals surface area contributed by atoms with Gasteiger partial charge >= 0.3 is 0 Å². The molecule has 1 aromatic carbocycles. The smallest absolute Gasteiger partial charge is 0.258 e. The van der Waals surface area contributed by atoms with Crippen molar-refractivity contribution in [3.63, 3.8) is 0 Å². The molecule has 2 aromatic heterocycles. The second kappa shape index (κ2) is 8.00. The zero-order valence-electron chi connectivity index (χ0n) is 16.3. The fraction of sp³-hybridized carbons (Fsp3) is 0.333. The van der Waals surface area contributed by atoms with Gasteiger partial charge in [0.2, 0.25) is 0 Å². The number of para-hydroxylation sites is 1. The quantitative estimate of drug-likeness (QED) is 0.689. The maximum Gasteiger partial charge on any atom is 0.258 e. The summed E-state index contributed by atoms with van der Waals surface area (Å²) in [6.45, 7) is 4.72. The van der Waals surface area contributed by atoms with Crippen molar-refractivity contribution < 1.29 is 18.8 Å². The molecule has 1 aliphatic rings. The second-order valence-corrected chi connectivity index (χ2v) is 7.10. The van der Waals surface area contributed by atoms with E-state index in [2.05, 4.69) is 20.8 Å². The Labute approximate surface area is 167 Å². The monoisotopic (exact) mass is 394 g/mol. The van der Waals surface area contributed by atoms with Crippen LogP contribution in [0.1, 0.15) is 44.9 Å². The van der Waals surface area contributed by atoms with Crippen molar-refractivity contribution in [3.8, 4) is 0 Å². The molecule has 3 heterocycles. The number of hydrogen-bond acceptors (Lipinski definition) is 6. The molecule has 2 N–H and O–H groups in total. The number of nitrogens with zero attached hydrogens (tertiary/aromatic N) is 2. The third-order valence-electron chi connectivity index (χ3n) is 4.92. The molecular formula is C21H22N4O4. The van der Waals surface area contributed by atoms with Gasteiger partial charge in [-0.1, -0.05) is 17.3 Å². The van der Waals surface area contributed by atoms with Crippen molar-refractivity contribution in [1.29, 1.82) is 0 Å². The Hall–Kier alpha value is -3.26. The molecule has 29 heavy (non-hydrogen) atoms. The number of carbonyl (C=O) groups is 2. The Bertz CT molecular complexity index is 1070. The van der Waals surface area contributed by atoms with E-state index in [0.717, 1.165) is 19.4 Å². The van der Waals surface area contributed by atoms with Gasteiger partial charge in [-0.15, -0.1) is 0 Å². The van der Waals surface area contributed by atoms with Crippen LogP contribution < -0.4 is 10.6 Å². The highest BCUT2D eigenvalue weighted by Gasteiger charge is 2.21. The predicted molar refractivity (Wildman–Crippen MR) is 107 cm³/mol. The Morgan fingerprint density at radius 2 is 2.00 bits per heavy atom. The van der Waals surface area contributed by atoms with E-state index in [1.807, 2.05) is 0 Å². The zero-order chi connectivity index (χ0) is 20.4. The summed E-state index contributed by atoms with van der Waals surface area (Å²) >= 11 is 0. The van der Waals surface area contributed by atoms with Crippen LogP contribution in [0.4, 0.5) is 5.69 Å². The number of carbonyl (C=O) groups excluding carboxylic acids is 2. The molecule has 1 atom stereocenters. The van der Waals surface area contributed by atoms with E-state index in [0.29, 0.717) is 45.8 Å². The van der Waals surface area contributed by atoms with Crippen LogP contribution in [-0.2, 0) is 4.74 Å². The number of hydrogen-bond donors (Lipinski definition) is 2. The molecule has 3 aromatic rings. The average molecular weight is 394 g/mol. The lowest BCUT2D eigenvalue weighted by Crippen LogP contribution is -2.32. The summed E-state index contributed by atoms with van der Waals surface area (Å²) in [6.07, 6.45) is 1.99. The normalized spacial score (nSPS) is 16.1. The number of rotatable bonds is 5. The van der Waals surface area contributed by atoms with Gasteiger partial charge in [0, 0.05) is 18.8 Å². The summed E-state index contributed by atoms with van der Waals surface area (Å²) in [5, 5.41) is 10.2. The lowest BCUT2D eigenvalue weighted by Gasteiger charge is -2.14. The molecule has 0 spiro atoms. The number of ether oxygens (including phenoxy) is 1. The van der Waals surface area contributed by atoms with Crippen molar-refractivity contribution >= 4 is 28.6 Å². The van der Waals surface area contributed by atoms with Gasteiger partial charge in [0.05, 0.1) is 34.0 Å². The summed E-state index contributed by atoms with van der Waals surface area (Å²) in [5.74, 6) is -0.611. The minimum absolute atomic E-state index is 0.0466. The van der Waals surface area contributed by atoms with Crippen LogP contribution in [-0.4, -0.2) is 41.2 Å². The maximum absolute atomic E-state index is 13.0. The third-order valence-corrected chi connectivity index (χ3v) is 4.92. The van der Waals surface area contributed by atoms with E-state index in [1.165, 1.54) is 0 Å². The lowest BCUT2D eigenvalue weighted by atomic mass is 10.1. The minimum Gasteiger partial charge on any atom is -0.376 e. The highest BCUT2D eigenvalue weighted by Crippen LogP contribution is 2.24. The molecule has 2 amide bonds. The Kier molecular flexibility index (Phi) is 5.26. The van der Waals surface area contributed by atoms with Crippen LogP contribution >= 0.6 is 0 Å². The number of amides is 2. The molecule has 8 heteroatoms. The molecule has 1 aliphatic heterocycles. The first-order chi connectivity index (χ1) is 14.0. The van der Waals surface area contributed by atoms with Gasteiger partial charge in [0.1, 0.15) is 0 Å². The molecule has 150 valence electrons. The van der Waals surface area contributed by atoms with E-state index in [4.69, 9.17) is 9.26 Å². The summed E-state index contributed by atoms with van der Waals surface area (Å²) < 4.78 is 10.7. The minimum atomic E-state index is -0.355. The summed E-state index contributed by atoms with van der Waals surface area (Å²) in [5.41, 5.74) is 2.76.